The summed E-state index contributed by atoms with van der Waals surface area (Å²) in [5.41, 5.74) is 2.08. The highest BCUT2D eigenvalue weighted by Gasteiger charge is 2.41. The van der Waals surface area contributed by atoms with Crippen LogP contribution in [0.1, 0.15) is 31.7 Å². The summed E-state index contributed by atoms with van der Waals surface area (Å²) in [5.74, 6) is -1.88. The van der Waals surface area contributed by atoms with Gasteiger partial charge in [0, 0.05) is 11.1 Å². The molecule has 1 atom stereocenters. The molecule has 1 heterocycles. The summed E-state index contributed by atoms with van der Waals surface area (Å²) in [7, 11) is 0. The summed E-state index contributed by atoms with van der Waals surface area (Å²) in [6.07, 6.45) is 0.218. The SMILES string of the molecule is CC1=C(C(=O)OCCO[N+](=O)[O-])[C@@H](c2cccc3nonc23)C([N+](=O)[O-])=C(C)C1. The molecule has 0 saturated heterocycles. The number of rotatable bonds is 7. The van der Waals surface area contributed by atoms with Gasteiger partial charge < -0.3 is 9.57 Å². The van der Waals surface area contributed by atoms with Crippen molar-refractivity contribution in [2.75, 3.05) is 13.2 Å². The molecule has 29 heavy (non-hydrogen) atoms. The lowest BCUT2D eigenvalue weighted by Gasteiger charge is -2.25. The lowest BCUT2D eigenvalue weighted by molar-refractivity contribution is -0.757. The van der Waals surface area contributed by atoms with Crippen LogP contribution in [0.3, 0.4) is 0 Å². The Labute approximate surface area is 163 Å². The molecule has 0 spiro atoms. The quantitative estimate of drug-likeness (QED) is 0.290. The Morgan fingerprint density at radius 1 is 1.21 bits per heavy atom. The number of benzene rings is 1. The van der Waals surface area contributed by atoms with Crippen LogP contribution in [0.2, 0.25) is 0 Å². The molecule has 1 aliphatic carbocycles. The van der Waals surface area contributed by atoms with E-state index < -0.39 is 28.5 Å². The summed E-state index contributed by atoms with van der Waals surface area (Å²) in [5, 5.41) is 28.6. The highest BCUT2D eigenvalue weighted by Crippen LogP contribution is 2.43. The Kier molecular flexibility index (Phi) is 5.52. The molecule has 152 valence electrons. The van der Waals surface area contributed by atoms with Gasteiger partial charge >= 0.3 is 5.97 Å². The number of carbonyl (C=O) groups excluding carboxylic acids is 1. The Morgan fingerprint density at radius 3 is 2.66 bits per heavy atom. The highest BCUT2D eigenvalue weighted by atomic mass is 17.0. The van der Waals surface area contributed by atoms with Crippen LogP contribution in [0, 0.1) is 20.2 Å². The third-order valence-electron chi connectivity index (χ3n) is 4.55. The third kappa shape index (κ3) is 3.90. The van der Waals surface area contributed by atoms with E-state index in [1.165, 1.54) is 0 Å². The fourth-order valence-electron chi connectivity index (χ4n) is 3.45. The molecule has 0 fully saturated rings. The van der Waals surface area contributed by atoms with Gasteiger partial charge in [0.25, 0.3) is 10.8 Å². The topological polar surface area (TPSA) is 161 Å². The Morgan fingerprint density at radius 2 is 1.97 bits per heavy atom. The smallest absolute Gasteiger partial charge is 0.335 e. The van der Waals surface area contributed by atoms with Gasteiger partial charge in [0.1, 0.15) is 30.2 Å². The molecule has 0 aliphatic heterocycles. The van der Waals surface area contributed by atoms with E-state index in [9.17, 15) is 25.0 Å². The second-order valence-electron chi connectivity index (χ2n) is 6.40. The van der Waals surface area contributed by atoms with Gasteiger partial charge in [-0.2, -0.15) is 0 Å². The molecule has 0 bridgehead atoms. The summed E-state index contributed by atoms with van der Waals surface area (Å²) in [6, 6.07) is 4.87. The first-order valence-electron chi connectivity index (χ1n) is 8.50. The average Bonchev–Trinajstić information content (AvgIpc) is 3.12. The number of esters is 1. The van der Waals surface area contributed by atoms with Crippen molar-refractivity contribution in [3.05, 3.63) is 66.4 Å². The van der Waals surface area contributed by atoms with Crippen molar-refractivity contribution in [2.45, 2.75) is 26.2 Å². The van der Waals surface area contributed by atoms with Gasteiger partial charge in [-0.3, -0.25) is 10.1 Å². The molecule has 0 amide bonds. The van der Waals surface area contributed by atoms with Crippen LogP contribution in [0.4, 0.5) is 0 Å². The van der Waals surface area contributed by atoms with Crippen LogP contribution in [-0.2, 0) is 14.4 Å². The van der Waals surface area contributed by atoms with E-state index >= 15 is 0 Å². The first-order chi connectivity index (χ1) is 13.8. The zero-order valence-electron chi connectivity index (χ0n) is 15.5. The number of nitro groups is 1. The molecule has 1 aliphatic rings. The van der Waals surface area contributed by atoms with Crippen LogP contribution in [0.25, 0.3) is 11.0 Å². The van der Waals surface area contributed by atoms with E-state index in [1.54, 1.807) is 32.0 Å². The molecule has 0 unspecified atom stereocenters. The van der Waals surface area contributed by atoms with Crippen LogP contribution < -0.4 is 0 Å². The number of hydrogen-bond donors (Lipinski definition) is 0. The van der Waals surface area contributed by atoms with E-state index in [2.05, 4.69) is 15.2 Å². The van der Waals surface area contributed by atoms with Gasteiger partial charge in [-0.15, -0.1) is 10.1 Å². The first kappa shape index (κ1) is 19.9. The number of hydrogen-bond acceptors (Lipinski definition) is 10. The van der Waals surface area contributed by atoms with Gasteiger partial charge in [-0.25, -0.2) is 9.42 Å². The average molecular weight is 404 g/mol. The number of aromatic nitrogens is 2. The highest BCUT2D eigenvalue weighted by molar-refractivity contribution is 5.94. The first-order valence-corrected chi connectivity index (χ1v) is 8.50. The molecule has 0 saturated carbocycles. The van der Waals surface area contributed by atoms with Crippen LogP contribution >= 0.6 is 0 Å². The predicted octanol–water partition coefficient (Wildman–Crippen LogP) is 2.33. The molecule has 1 aromatic carbocycles. The monoisotopic (exact) mass is 404 g/mol. The zero-order valence-corrected chi connectivity index (χ0v) is 15.5. The molecular formula is C17H16N4O8. The van der Waals surface area contributed by atoms with E-state index in [0.29, 0.717) is 27.7 Å². The van der Waals surface area contributed by atoms with Crippen LogP contribution in [-0.4, -0.2) is 39.5 Å². The minimum atomic E-state index is -1.06. The maximum Gasteiger partial charge on any atom is 0.335 e. The van der Waals surface area contributed by atoms with Crippen molar-refractivity contribution in [1.29, 1.82) is 0 Å². The van der Waals surface area contributed by atoms with Crippen LogP contribution in [0.15, 0.2) is 45.2 Å². The number of ether oxygens (including phenoxy) is 1. The zero-order chi connectivity index (χ0) is 21.1. The molecular weight excluding hydrogens is 388 g/mol. The van der Waals surface area contributed by atoms with Gasteiger partial charge in [-0.1, -0.05) is 17.7 Å². The van der Waals surface area contributed by atoms with E-state index in [0.717, 1.165) is 0 Å². The van der Waals surface area contributed by atoms with Gasteiger partial charge in [0.15, 0.2) is 0 Å². The normalized spacial score (nSPS) is 16.8. The largest absolute Gasteiger partial charge is 0.460 e. The van der Waals surface area contributed by atoms with Crippen molar-refractivity contribution >= 4 is 17.0 Å². The summed E-state index contributed by atoms with van der Waals surface area (Å²) < 4.78 is 9.82. The molecule has 12 heteroatoms. The fourth-order valence-corrected chi connectivity index (χ4v) is 3.45. The fraction of sp³-hybridized carbons (Fsp3) is 0.353. The van der Waals surface area contributed by atoms with E-state index in [4.69, 9.17) is 9.37 Å². The summed E-state index contributed by atoms with van der Waals surface area (Å²) in [6.45, 7) is 2.48. The Balaban J connectivity index is 2.04. The maximum atomic E-state index is 12.8. The molecule has 1 aromatic heterocycles. The third-order valence-corrected chi connectivity index (χ3v) is 4.55. The lowest BCUT2D eigenvalue weighted by atomic mass is 9.78. The van der Waals surface area contributed by atoms with Crippen molar-refractivity contribution < 1.29 is 29.0 Å². The van der Waals surface area contributed by atoms with Crippen LogP contribution in [0.5, 0.6) is 0 Å². The number of nitrogens with zero attached hydrogens (tertiary/aromatic N) is 4. The molecule has 3 rings (SSSR count). The molecule has 2 aromatic rings. The van der Waals surface area contributed by atoms with Gasteiger partial charge in [0.05, 0.1) is 10.5 Å². The molecule has 0 N–H and O–H groups in total. The van der Waals surface area contributed by atoms with Crippen molar-refractivity contribution in [3.8, 4) is 0 Å². The second-order valence-corrected chi connectivity index (χ2v) is 6.40. The second kappa shape index (κ2) is 8.04. The minimum absolute atomic E-state index is 0.0823. The van der Waals surface area contributed by atoms with Gasteiger partial charge in [0.2, 0.25) is 0 Å². The van der Waals surface area contributed by atoms with Crippen molar-refractivity contribution in [3.63, 3.8) is 0 Å². The summed E-state index contributed by atoms with van der Waals surface area (Å²) >= 11 is 0. The minimum Gasteiger partial charge on any atom is -0.460 e. The van der Waals surface area contributed by atoms with E-state index in [1.807, 2.05) is 0 Å². The van der Waals surface area contributed by atoms with E-state index in [-0.39, 0.29) is 24.3 Å². The lowest BCUT2D eigenvalue weighted by Crippen LogP contribution is -2.26. The number of allylic oxidation sites excluding steroid dienone is 3. The Hall–Kier alpha value is -3.83. The molecule has 0 radical (unpaired) electrons. The molecule has 12 nitrogen and oxygen atoms in total. The predicted molar refractivity (Wildman–Crippen MR) is 95.5 cm³/mol. The van der Waals surface area contributed by atoms with Crippen molar-refractivity contribution in [1.82, 2.24) is 10.3 Å². The van der Waals surface area contributed by atoms with Gasteiger partial charge in [-0.05, 0) is 36.6 Å². The Bertz CT molecular complexity index is 1050. The van der Waals surface area contributed by atoms with Crippen molar-refractivity contribution in [2.24, 2.45) is 0 Å². The summed E-state index contributed by atoms with van der Waals surface area (Å²) in [4.78, 5) is 38.4. The standard InChI is InChI=1S/C17H16N4O8/c1-9-8-10(2)16(20(23)24)14(11-4-3-5-12-15(11)19-29-18-12)13(9)17(22)27-6-7-28-21(25)26/h3-5,14H,6-8H2,1-2H3/t14-/m1/s1. The number of fused-ring (bicyclic) bond motifs is 1. The maximum absolute atomic E-state index is 12.8. The number of carbonyl (C=O) groups is 1.